The Hall–Kier alpha value is -1.42. The number of hydrogen-bond acceptors (Lipinski definition) is 4. The maximum atomic E-state index is 10.2. The van der Waals surface area contributed by atoms with Gasteiger partial charge < -0.3 is 19.9 Å². The molecule has 0 saturated heterocycles. The highest BCUT2D eigenvalue weighted by Gasteiger charge is 2.24. The Balaban J connectivity index is 2.83. The molecule has 0 aliphatic rings. The topological polar surface area (TPSA) is 50.7 Å². The van der Waals surface area contributed by atoms with Gasteiger partial charge in [0.25, 0.3) is 0 Å². The Morgan fingerprint density at radius 2 is 1.94 bits per heavy atom. The molecule has 0 spiro atoms. The maximum absolute atomic E-state index is 10.2. The summed E-state index contributed by atoms with van der Waals surface area (Å²) in [7, 11) is 3.24. The summed E-state index contributed by atoms with van der Waals surface area (Å²) in [5, 5.41) is 13.4. The quantitative estimate of drug-likeness (QED) is 0.818. The molecule has 0 fully saturated rings. The van der Waals surface area contributed by atoms with Crippen LogP contribution in [0.25, 0.3) is 0 Å². The monoisotopic (exact) mass is 253 g/mol. The molecule has 0 heterocycles. The van der Waals surface area contributed by atoms with Crippen LogP contribution in [0.3, 0.4) is 0 Å². The van der Waals surface area contributed by atoms with Crippen LogP contribution >= 0.6 is 0 Å². The number of rotatable bonds is 6. The summed E-state index contributed by atoms with van der Waals surface area (Å²) in [5.41, 5.74) is 0.0476. The van der Waals surface area contributed by atoms with E-state index in [1.54, 1.807) is 14.2 Å². The number of nitrogens with one attached hydrogen (secondary N) is 1. The zero-order chi connectivity index (χ0) is 13.8. The van der Waals surface area contributed by atoms with Crippen LogP contribution in [0.15, 0.2) is 18.2 Å². The second kappa shape index (κ2) is 5.96. The van der Waals surface area contributed by atoms with Gasteiger partial charge in [0.1, 0.15) is 11.5 Å². The summed E-state index contributed by atoms with van der Waals surface area (Å²) in [6, 6.07) is 5.53. The van der Waals surface area contributed by atoms with Gasteiger partial charge in [0.2, 0.25) is 0 Å². The maximum Gasteiger partial charge on any atom is 0.142 e. The summed E-state index contributed by atoms with van der Waals surface area (Å²) in [5.74, 6) is 1.65. The minimum absolute atomic E-state index is 0.168. The van der Waals surface area contributed by atoms with Crippen LogP contribution in [0.4, 0.5) is 5.69 Å². The smallest absolute Gasteiger partial charge is 0.142 e. The van der Waals surface area contributed by atoms with Crippen molar-refractivity contribution in [3.8, 4) is 11.5 Å². The third-order valence-electron chi connectivity index (χ3n) is 3.29. The molecular weight excluding hydrogens is 230 g/mol. The van der Waals surface area contributed by atoms with E-state index in [4.69, 9.17) is 9.47 Å². The van der Waals surface area contributed by atoms with Crippen molar-refractivity contribution < 1.29 is 14.6 Å². The molecular formula is C14H23NO3. The Morgan fingerprint density at radius 3 is 2.44 bits per heavy atom. The van der Waals surface area contributed by atoms with Gasteiger partial charge in [-0.05, 0) is 25.0 Å². The molecule has 0 aliphatic carbocycles. The normalized spacial score (nSPS) is 14.2. The lowest BCUT2D eigenvalue weighted by atomic mass is 9.92. The number of ether oxygens (including phenoxy) is 2. The number of methoxy groups -OCH3 is 2. The predicted octanol–water partition coefficient (Wildman–Crippen LogP) is 2.52. The summed E-state index contributed by atoms with van der Waals surface area (Å²) in [6.45, 7) is 6.25. The minimum Gasteiger partial charge on any atom is -0.497 e. The average molecular weight is 253 g/mol. The van der Waals surface area contributed by atoms with Crippen LogP contribution in [-0.2, 0) is 0 Å². The van der Waals surface area contributed by atoms with E-state index in [0.717, 1.165) is 17.2 Å². The van der Waals surface area contributed by atoms with Crippen molar-refractivity contribution in [2.45, 2.75) is 26.4 Å². The van der Waals surface area contributed by atoms with Crippen molar-refractivity contribution in [3.05, 3.63) is 18.2 Å². The van der Waals surface area contributed by atoms with Crippen molar-refractivity contribution in [1.82, 2.24) is 0 Å². The van der Waals surface area contributed by atoms with Gasteiger partial charge in [-0.25, -0.2) is 0 Å². The number of hydrogen-bond donors (Lipinski definition) is 2. The van der Waals surface area contributed by atoms with Gasteiger partial charge in [0, 0.05) is 12.6 Å². The molecule has 1 unspecified atom stereocenters. The standard InChI is InChI=1S/C14H23NO3/c1-10(2)14(3,16)9-15-12-8-11(17-4)6-7-13(12)18-5/h6-8,10,15-16H,9H2,1-5H3. The van der Waals surface area contributed by atoms with Crippen molar-refractivity contribution in [3.63, 3.8) is 0 Å². The highest BCUT2D eigenvalue weighted by Crippen LogP contribution is 2.29. The third kappa shape index (κ3) is 3.53. The lowest BCUT2D eigenvalue weighted by molar-refractivity contribution is 0.0266. The second-order valence-electron chi connectivity index (χ2n) is 4.93. The van der Waals surface area contributed by atoms with E-state index in [2.05, 4.69) is 5.32 Å². The van der Waals surface area contributed by atoms with Crippen LogP contribution in [0.1, 0.15) is 20.8 Å². The molecule has 102 valence electrons. The van der Waals surface area contributed by atoms with Crippen LogP contribution in [0, 0.1) is 5.92 Å². The molecule has 2 N–H and O–H groups in total. The zero-order valence-electron chi connectivity index (χ0n) is 11.8. The first-order valence-corrected chi connectivity index (χ1v) is 6.09. The largest absolute Gasteiger partial charge is 0.497 e. The zero-order valence-corrected chi connectivity index (χ0v) is 11.8. The molecule has 0 radical (unpaired) electrons. The molecule has 0 aliphatic heterocycles. The predicted molar refractivity (Wildman–Crippen MR) is 73.5 cm³/mol. The Kier molecular flexibility index (Phi) is 4.84. The van der Waals surface area contributed by atoms with E-state index >= 15 is 0 Å². The summed E-state index contributed by atoms with van der Waals surface area (Å²) < 4.78 is 10.4. The summed E-state index contributed by atoms with van der Waals surface area (Å²) in [4.78, 5) is 0. The number of anilines is 1. The highest BCUT2D eigenvalue weighted by atomic mass is 16.5. The van der Waals surface area contributed by atoms with Crippen molar-refractivity contribution in [2.75, 3.05) is 26.1 Å². The Morgan fingerprint density at radius 1 is 1.28 bits per heavy atom. The van der Waals surface area contributed by atoms with E-state index in [0.29, 0.717) is 6.54 Å². The second-order valence-corrected chi connectivity index (χ2v) is 4.93. The molecule has 1 atom stereocenters. The van der Waals surface area contributed by atoms with E-state index < -0.39 is 5.60 Å². The third-order valence-corrected chi connectivity index (χ3v) is 3.29. The Bertz CT molecular complexity index is 389. The Labute approximate surface area is 109 Å². The van der Waals surface area contributed by atoms with E-state index in [1.807, 2.05) is 39.0 Å². The van der Waals surface area contributed by atoms with Gasteiger partial charge in [0.15, 0.2) is 0 Å². The van der Waals surface area contributed by atoms with Gasteiger partial charge in [0.05, 0.1) is 25.5 Å². The molecule has 18 heavy (non-hydrogen) atoms. The van der Waals surface area contributed by atoms with Crippen molar-refractivity contribution in [2.24, 2.45) is 5.92 Å². The molecule has 4 heteroatoms. The first kappa shape index (κ1) is 14.6. The van der Waals surface area contributed by atoms with E-state index in [-0.39, 0.29) is 5.92 Å². The fourth-order valence-corrected chi connectivity index (χ4v) is 1.43. The van der Waals surface area contributed by atoms with E-state index in [9.17, 15) is 5.11 Å². The van der Waals surface area contributed by atoms with Crippen LogP contribution in [0.5, 0.6) is 11.5 Å². The van der Waals surface area contributed by atoms with Gasteiger partial charge in [-0.15, -0.1) is 0 Å². The van der Waals surface area contributed by atoms with Crippen LogP contribution in [0.2, 0.25) is 0 Å². The fraction of sp³-hybridized carbons (Fsp3) is 0.571. The molecule has 0 amide bonds. The van der Waals surface area contributed by atoms with Crippen molar-refractivity contribution in [1.29, 1.82) is 0 Å². The fourth-order valence-electron chi connectivity index (χ4n) is 1.43. The molecule has 1 aromatic rings. The summed E-state index contributed by atoms with van der Waals surface area (Å²) in [6.07, 6.45) is 0. The molecule has 4 nitrogen and oxygen atoms in total. The average Bonchev–Trinajstić information content (AvgIpc) is 2.35. The summed E-state index contributed by atoms with van der Waals surface area (Å²) >= 11 is 0. The SMILES string of the molecule is COc1ccc(OC)c(NCC(C)(O)C(C)C)c1. The first-order valence-electron chi connectivity index (χ1n) is 6.09. The lowest BCUT2D eigenvalue weighted by Crippen LogP contribution is -2.38. The van der Waals surface area contributed by atoms with Crippen molar-refractivity contribution >= 4 is 5.69 Å². The molecule has 0 aromatic heterocycles. The number of benzene rings is 1. The van der Waals surface area contributed by atoms with Crippen LogP contribution < -0.4 is 14.8 Å². The van der Waals surface area contributed by atoms with Gasteiger partial charge >= 0.3 is 0 Å². The molecule has 1 rings (SSSR count). The van der Waals surface area contributed by atoms with Gasteiger partial charge in [-0.1, -0.05) is 13.8 Å². The lowest BCUT2D eigenvalue weighted by Gasteiger charge is -2.28. The first-order chi connectivity index (χ1) is 8.40. The molecule has 0 bridgehead atoms. The number of aliphatic hydroxyl groups is 1. The minimum atomic E-state index is -0.770. The highest BCUT2D eigenvalue weighted by molar-refractivity contribution is 5.59. The van der Waals surface area contributed by atoms with Crippen LogP contribution in [-0.4, -0.2) is 31.5 Å². The molecule has 0 saturated carbocycles. The van der Waals surface area contributed by atoms with Gasteiger partial charge in [-0.2, -0.15) is 0 Å². The van der Waals surface area contributed by atoms with E-state index in [1.165, 1.54) is 0 Å². The molecule has 1 aromatic carbocycles. The van der Waals surface area contributed by atoms with Gasteiger partial charge in [-0.3, -0.25) is 0 Å².